The van der Waals surface area contributed by atoms with E-state index in [1.165, 1.54) is 16.6 Å². The fraction of sp³-hybridized carbons (Fsp3) is 0.158. The molecule has 3 aromatic rings. The molecule has 0 saturated heterocycles. The zero-order valence-electron chi connectivity index (χ0n) is 14.0. The van der Waals surface area contributed by atoms with Gasteiger partial charge in [-0.05, 0) is 48.7 Å². The van der Waals surface area contributed by atoms with Gasteiger partial charge in [0.2, 0.25) is 0 Å². The summed E-state index contributed by atoms with van der Waals surface area (Å²) in [7, 11) is -3.87. The van der Waals surface area contributed by atoms with E-state index in [-0.39, 0.29) is 10.5 Å². The molecule has 0 amide bonds. The monoisotopic (exact) mass is 365 g/mol. The standard InChI is InChI=1S/C19H15N3O3S/c1-12-11-21-19(23)15-3-2-4-17(18(12)15)26(24,25)22-8-7-14-6-5-13(10-20)9-16(14)22/h2-6,9,11H,7-8H2,1H3,(H,21,23). The second-order valence-corrected chi connectivity index (χ2v) is 8.09. The maximum absolute atomic E-state index is 13.4. The van der Waals surface area contributed by atoms with Gasteiger partial charge in [0.25, 0.3) is 15.6 Å². The summed E-state index contributed by atoms with van der Waals surface area (Å²) in [5.74, 6) is 0. The number of nitrogens with one attached hydrogen (secondary N) is 1. The summed E-state index contributed by atoms with van der Waals surface area (Å²) in [5, 5.41) is 9.90. The third-order valence-electron chi connectivity index (χ3n) is 4.72. The number of rotatable bonds is 2. The number of pyridine rings is 1. The highest BCUT2D eigenvalue weighted by Crippen LogP contribution is 2.35. The number of hydrogen-bond donors (Lipinski definition) is 1. The van der Waals surface area contributed by atoms with E-state index in [0.29, 0.717) is 40.6 Å². The van der Waals surface area contributed by atoms with Crippen molar-refractivity contribution in [2.75, 3.05) is 10.8 Å². The highest BCUT2D eigenvalue weighted by molar-refractivity contribution is 7.93. The highest BCUT2D eigenvalue weighted by atomic mass is 32.2. The van der Waals surface area contributed by atoms with Crippen LogP contribution in [-0.2, 0) is 16.4 Å². The Balaban J connectivity index is 1.97. The van der Waals surface area contributed by atoms with Gasteiger partial charge < -0.3 is 4.98 Å². The molecule has 1 aromatic heterocycles. The van der Waals surface area contributed by atoms with E-state index in [1.807, 2.05) is 6.07 Å². The molecule has 1 N–H and O–H groups in total. The van der Waals surface area contributed by atoms with Crippen LogP contribution in [-0.4, -0.2) is 19.9 Å². The van der Waals surface area contributed by atoms with Gasteiger partial charge in [-0.15, -0.1) is 0 Å². The molecule has 0 aliphatic carbocycles. The average Bonchev–Trinajstić information content (AvgIpc) is 3.08. The molecule has 0 fully saturated rings. The molecule has 4 rings (SSSR count). The SMILES string of the molecule is Cc1c[nH]c(=O)c2cccc(S(=O)(=O)N3CCc4ccc(C#N)cc43)c12. The van der Waals surface area contributed by atoms with E-state index in [1.54, 1.807) is 37.3 Å². The number of H-pyrrole nitrogens is 1. The lowest BCUT2D eigenvalue weighted by Gasteiger charge is -2.21. The Kier molecular flexibility index (Phi) is 3.60. The van der Waals surface area contributed by atoms with E-state index < -0.39 is 10.0 Å². The Morgan fingerprint density at radius 3 is 2.81 bits per heavy atom. The van der Waals surface area contributed by atoms with Crippen molar-refractivity contribution in [3.8, 4) is 6.07 Å². The quantitative estimate of drug-likeness (QED) is 0.755. The van der Waals surface area contributed by atoms with Crippen molar-refractivity contribution in [3.63, 3.8) is 0 Å². The number of aryl methyl sites for hydroxylation is 1. The van der Waals surface area contributed by atoms with Crippen molar-refractivity contribution in [2.45, 2.75) is 18.2 Å². The molecule has 0 spiro atoms. The van der Waals surface area contributed by atoms with Crippen LogP contribution in [0.3, 0.4) is 0 Å². The fourth-order valence-corrected chi connectivity index (χ4v) is 5.23. The smallest absolute Gasteiger partial charge is 0.264 e. The van der Waals surface area contributed by atoms with E-state index in [0.717, 1.165) is 5.56 Å². The van der Waals surface area contributed by atoms with E-state index in [4.69, 9.17) is 5.26 Å². The molecule has 130 valence electrons. The van der Waals surface area contributed by atoms with Crippen LogP contribution in [0.4, 0.5) is 5.69 Å². The van der Waals surface area contributed by atoms with Gasteiger partial charge in [-0.25, -0.2) is 8.42 Å². The number of benzene rings is 2. The summed E-state index contributed by atoms with van der Waals surface area (Å²) in [4.78, 5) is 14.8. The van der Waals surface area contributed by atoms with Crippen molar-refractivity contribution >= 4 is 26.5 Å². The van der Waals surface area contributed by atoms with Gasteiger partial charge in [-0.2, -0.15) is 5.26 Å². The zero-order chi connectivity index (χ0) is 18.5. The van der Waals surface area contributed by atoms with Crippen LogP contribution in [0.1, 0.15) is 16.7 Å². The molecule has 1 aliphatic heterocycles. The predicted molar refractivity (Wildman–Crippen MR) is 98.7 cm³/mol. The van der Waals surface area contributed by atoms with Crippen molar-refractivity contribution in [1.82, 2.24) is 4.98 Å². The molecule has 2 heterocycles. The van der Waals surface area contributed by atoms with Crippen LogP contribution in [0.2, 0.25) is 0 Å². The van der Waals surface area contributed by atoms with Crippen molar-refractivity contribution < 1.29 is 8.42 Å². The summed E-state index contributed by atoms with van der Waals surface area (Å²) in [6, 6.07) is 11.9. The normalized spacial score (nSPS) is 13.6. The molecule has 6 nitrogen and oxygen atoms in total. The fourth-order valence-electron chi connectivity index (χ4n) is 3.45. The van der Waals surface area contributed by atoms with E-state index >= 15 is 0 Å². The molecule has 7 heteroatoms. The average molecular weight is 365 g/mol. The lowest BCUT2D eigenvalue weighted by Crippen LogP contribution is -2.29. The van der Waals surface area contributed by atoms with Crippen molar-refractivity contribution in [3.05, 3.63) is 69.6 Å². The molecular formula is C19H15N3O3S. The molecule has 0 bridgehead atoms. The van der Waals surface area contributed by atoms with Crippen LogP contribution in [0.15, 0.2) is 52.3 Å². The van der Waals surface area contributed by atoms with Gasteiger partial charge >= 0.3 is 0 Å². The minimum atomic E-state index is -3.87. The van der Waals surface area contributed by atoms with Gasteiger partial charge in [-0.3, -0.25) is 9.10 Å². The molecule has 0 atom stereocenters. The Hall–Kier alpha value is -3.11. The first-order valence-electron chi connectivity index (χ1n) is 8.10. The maximum atomic E-state index is 13.4. The van der Waals surface area contributed by atoms with Crippen LogP contribution in [0.5, 0.6) is 0 Å². The molecular weight excluding hydrogens is 350 g/mol. The maximum Gasteiger partial charge on any atom is 0.264 e. The molecule has 0 unspecified atom stereocenters. The minimum absolute atomic E-state index is 0.105. The van der Waals surface area contributed by atoms with Crippen LogP contribution < -0.4 is 9.86 Å². The van der Waals surface area contributed by atoms with Gasteiger partial charge in [0, 0.05) is 23.5 Å². The number of aromatic nitrogens is 1. The zero-order valence-corrected chi connectivity index (χ0v) is 14.8. The number of hydrogen-bond acceptors (Lipinski definition) is 4. The summed E-state index contributed by atoms with van der Waals surface area (Å²) in [6.07, 6.45) is 2.11. The van der Waals surface area contributed by atoms with Gasteiger partial charge in [0.1, 0.15) is 0 Å². The Bertz CT molecular complexity index is 1250. The third kappa shape index (κ3) is 2.30. The molecule has 0 radical (unpaired) electrons. The summed E-state index contributed by atoms with van der Waals surface area (Å²) in [5.41, 5.74) is 2.20. The molecule has 0 saturated carbocycles. The summed E-state index contributed by atoms with van der Waals surface area (Å²) in [6.45, 7) is 2.08. The van der Waals surface area contributed by atoms with E-state index in [9.17, 15) is 13.2 Å². The Labute approximate surface area is 150 Å². The van der Waals surface area contributed by atoms with Crippen LogP contribution >= 0.6 is 0 Å². The van der Waals surface area contributed by atoms with Gasteiger partial charge in [0.05, 0.1) is 22.2 Å². The number of nitrogens with zero attached hydrogens (tertiary/aromatic N) is 2. The van der Waals surface area contributed by atoms with Crippen LogP contribution in [0.25, 0.3) is 10.8 Å². The number of aromatic amines is 1. The molecule has 1 aliphatic rings. The van der Waals surface area contributed by atoms with E-state index in [2.05, 4.69) is 4.98 Å². The topological polar surface area (TPSA) is 94.0 Å². The highest BCUT2D eigenvalue weighted by Gasteiger charge is 2.32. The minimum Gasteiger partial charge on any atom is -0.328 e. The number of sulfonamides is 1. The van der Waals surface area contributed by atoms with Gasteiger partial charge in [-0.1, -0.05) is 12.1 Å². The summed E-state index contributed by atoms with van der Waals surface area (Å²) >= 11 is 0. The van der Waals surface area contributed by atoms with Crippen LogP contribution in [0, 0.1) is 18.3 Å². The molecule has 2 aromatic carbocycles. The number of fused-ring (bicyclic) bond motifs is 2. The third-order valence-corrected chi connectivity index (χ3v) is 6.58. The first-order chi connectivity index (χ1) is 12.4. The number of nitriles is 1. The molecule has 26 heavy (non-hydrogen) atoms. The number of anilines is 1. The summed E-state index contributed by atoms with van der Waals surface area (Å²) < 4.78 is 28.1. The Morgan fingerprint density at radius 2 is 2.04 bits per heavy atom. The van der Waals surface area contributed by atoms with Crippen molar-refractivity contribution in [1.29, 1.82) is 5.26 Å². The van der Waals surface area contributed by atoms with Gasteiger partial charge in [0.15, 0.2) is 0 Å². The predicted octanol–water partition coefficient (Wildman–Crippen LogP) is 2.46. The second kappa shape index (κ2) is 5.71. The second-order valence-electron chi connectivity index (χ2n) is 6.26. The first kappa shape index (κ1) is 16.4. The lowest BCUT2D eigenvalue weighted by molar-refractivity contribution is 0.593. The lowest BCUT2D eigenvalue weighted by atomic mass is 10.1. The Morgan fingerprint density at radius 1 is 1.23 bits per heavy atom. The van der Waals surface area contributed by atoms with Crippen molar-refractivity contribution in [2.24, 2.45) is 0 Å². The first-order valence-corrected chi connectivity index (χ1v) is 9.54. The largest absolute Gasteiger partial charge is 0.328 e.